The summed E-state index contributed by atoms with van der Waals surface area (Å²) in [5, 5.41) is 4.08. The molecule has 0 aliphatic heterocycles. The smallest absolute Gasteiger partial charge is 0.224 e. The summed E-state index contributed by atoms with van der Waals surface area (Å²) >= 11 is 0. The Morgan fingerprint density at radius 1 is 1.13 bits per heavy atom. The minimum atomic E-state index is -0.000685. The van der Waals surface area contributed by atoms with Gasteiger partial charge in [0, 0.05) is 35.2 Å². The van der Waals surface area contributed by atoms with Crippen LogP contribution >= 0.6 is 0 Å². The molecule has 0 unspecified atom stereocenters. The van der Waals surface area contributed by atoms with Gasteiger partial charge in [-0.05, 0) is 49.9 Å². The van der Waals surface area contributed by atoms with Gasteiger partial charge in [-0.3, -0.25) is 4.79 Å². The quantitative estimate of drug-likeness (QED) is 0.778. The normalized spacial score (nSPS) is 10.9. The zero-order chi connectivity index (χ0) is 16.4. The fourth-order valence-electron chi connectivity index (χ4n) is 2.81. The van der Waals surface area contributed by atoms with Crippen molar-refractivity contribution in [3.8, 4) is 0 Å². The SMILES string of the molecule is Cc1nc(C)c(CNC(=O)Cc2ccc3[nH]ccc3c2)c(C)n1. The maximum atomic E-state index is 12.2. The van der Waals surface area contributed by atoms with Crippen LogP contribution in [0.15, 0.2) is 30.5 Å². The Hall–Kier alpha value is -2.69. The number of fused-ring (bicyclic) bond motifs is 1. The van der Waals surface area contributed by atoms with Crippen LogP contribution in [0.3, 0.4) is 0 Å². The van der Waals surface area contributed by atoms with Gasteiger partial charge in [-0.2, -0.15) is 0 Å². The Bertz CT molecular complexity index is 843. The van der Waals surface area contributed by atoms with Crippen molar-refractivity contribution >= 4 is 16.8 Å². The molecule has 0 aliphatic carbocycles. The molecule has 5 nitrogen and oxygen atoms in total. The summed E-state index contributed by atoms with van der Waals surface area (Å²) in [6.45, 7) is 6.23. The lowest BCUT2D eigenvalue weighted by Crippen LogP contribution is -2.25. The molecule has 0 atom stereocenters. The number of hydrogen-bond donors (Lipinski definition) is 2. The lowest BCUT2D eigenvalue weighted by Gasteiger charge is -2.11. The van der Waals surface area contributed by atoms with E-state index >= 15 is 0 Å². The molecule has 2 N–H and O–H groups in total. The Balaban J connectivity index is 1.65. The van der Waals surface area contributed by atoms with Crippen molar-refractivity contribution in [2.24, 2.45) is 0 Å². The van der Waals surface area contributed by atoms with Crippen molar-refractivity contribution in [2.75, 3.05) is 0 Å². The van der Waals surface area contributed by atoms with Gasteiger partial charge < -0.3 is 10.3 Å². The van der Waals surface area contributed by atoms with Gasteiger partial charge in [-0.1, -0.05) is 6.07 Å². The van der Waals surface area contributed by atoms with E-state index in [9.17, 15) is 4.79 Å². The number of nitrogens with zero attached hydrogens (tertiary/aromatic N) is 2. The molecule has 0 saturated carbocycles. The molecule has 2 aromatic heterocycles. The van der Waals surface area contributed by atoms with E-state index in [0.29, 0.717) is 13.0 Å². The molecule has 0 bridgehead atoms. The third-order valence-corrected chi connectivity index (χ3v) is 3.98. The summed E-state index contributed by atoms with van der Waals surface area (Å²) < 4.78 is 0. The number of benzene rings is 1. The minimum absolute atomic E-state index is 0.000685. The van der Waals surface area contributed by atoms with Crippen molar-refractivity contribution in [3.63, 3.8) is 0 Å². The zero-order valence-corrected chi connectivity index (χ0v) is 13.6. The average Bonchev–Trinajstić information content (AvgIpc) is 2.93. The number of aryl methyl sites for hydroxylation is 3. The molecule has 0 aliphatic rings. The number of hydrogen-bond acceptors (Lipinski definition) is 3. The third-order valence-electron chi connectivity index (χ3n) is 3.98. The van der Waals surface area contributed by atoms with E-state index in [2.05, 4.69) is 20.3 Å². The van der Waals surface area contributed by atoms with E-state index in [1.807, 2.05) is 51.2 Å². The maximum absolute atomic E-state index is 12.2. The predicted octanol–water partition coefficient (Wildman–Crippen LogP) is 2.74. The van der Waals surface area contributed by atoms with Crippen molar-refractivity contribution in [1.29, 1.82) is 0 Å². The average molecular weight is 308 g/mol. The van der Waals surface area contributed by atoms with Crippen LogP contribution in [0.4, 0.5) is 0 Å². The van der Waals surface area contributed by atoms with Gasteiger partial charge in [0.05, 0.1) is 6.42 Å². The van der Waals surface area contributed by atoms with Gasteiger partial charge >= 0.3 is 0 Å². The minimum Gasteiger partial charge on any atom is -0.361 e. The lowest BCUT2D eigenvalue weighted by molar-refractivity contribution is -0.120. The van der Waals surface area contributed by atoms with E-state index in [0.717, 1.165) is 39.2 Å². The van der Waals surface area contributed by atoms with Crippen LogP contribution in [0.1, 0.15) is 28.3 Å². The Kier molecular flexibility index (Phi) is 4.10. The number of amides is 1. The van der Waals surface area contributed by atoms with E-state index < -0.39 is 0 Å². The molecule has 0 spiro atoms. The first-order valence-corrected chi connectivity index (χ1v) is 7.66. The topological polar surface area (TPSA) is 70.7 Å². The Labute approximate surface area is 135 Å². The molecule has 0 saturated heterocycles. The van der Waals surface area contributed by atoms with Gasteiger partial charge in [0.15, 0.2) is 0 Å². The van der Waals surface area contributed by atoms with Crippen LogP contribution in [0.25, 0.3) is 10.9 Å². The summed E-state index contributed by atoms with van der Waals surface area (Å²) in [6.07, 6.45) is 2.27. The van der Waals surface area contributed by atoms with Crippen LogP contribution < -0.4 is 5.32 Å². The molecule has 1 amide bonds. The first-order chi connectivity index (χ1) is 11.0. The number of carbonyl (C=O) groups is 1. The predicted molar refractivity (Wildman–Crippen MR) is 90.1 cm³/mol. The zero-order valence-electron chi connectivity index (χ0n) is 13.6. The van der Waals surface area contributed by atoms with Crippen LogP contribution in [-0.4, -0.2) is 20.9 Å². The van der Waals surface area contributed by atoms with Gasteiger partial charge in [-0.25, -0.2) is 9.97 Å². The van der Waals surface area contributed by atoms with Crippen molar-refractivity contribution in [1.82, 2.24) is 20.3 Å². The number of H-pyrrole nitrogens is 1. The fourth-order valence-corrected chi connectivity index (χ4v) is 2.81. The van der Waals surface area contributed by atoms with Crippen LogP contribution in [0.5, 0.6) is 0 Å². The van der Waals surface area contributed by atoms with Crippen LogP contribution in [0.2, 0.25) is 0 Å². The van der Waals surface area contributed by atoms with E-state index in [4.69, 9.17) is 0 Å². The Morgan fingerprint density at radius 2 is 1.87 bits per heavy atom. The molecule has 23 heavy (non-hydrogen) atoms. The molecular formula is C18H20N4O. The van der Waals surface area contributed by atoms with Crippen molar-refractivity contribution < 1.29 is 4.79 Å². The van der Waals surface area contributed by atoms with E-state index in [-0.39, 0.29) is 5.91 Å². The van der Waals surface area contributed by atoms with Crippen molar-refractivity contribution in [2.45, 2.75) is 33.7 Å². The second-order valence-corrected chi connectivity index (χ2v) is 5.77. The monoisotopic (exact) mass is 308 g/mol. The maximum Gasteiger partial charge on any atom is 0.224 e. The standard InChI is InChI=1S/C18H20N4O/c1-11-16(12(2)22-13(3)21-11)10-20-18(23)9-14-4-5-17-15(8-14)6-7-19-17/h4-8,19H,9-10H2,1-3H3,(H,20,23). The first-order valence-electron chi connectivity index (χ1n) is 7.66. The van der Waals surface area contributed by atoms with Gasteiger partial charge in [-0.15, -0.1) is 0 Å². The molecule has 0 fully saturated rings. The highest BCUT2D eigenvalue weighted by atomic mass is 16.1. The van der Waals surface area contributed by atoms with Gasteiger partial charge in [0.1, 0.15) is 5.82 Å². The molecule has 0 radical (unpaired) electrons. The molecule has 5 heteroatoms. The molecule has 1 aromatic carbocycles. The van der Waals surface area contributed by atoms with E-state index in [1.54, 1.807) is 0 Å². The largest absolute Gasteiger partial charge is 0.361 e. The van der Waals surface area contributed by atoms with Crippen molar-refractivity contribution in [3.05, 3.63) is 58.8 Å². The number of carbonyl (C=O) groups excluding carboxylic acids is 1. The Morgan fingerprint density at radius 3 is 2.61 bits per heavy atom. The summed E-state index contributed by atoms with van der Waals surface area (Å²) in [5.74, 6) is 0.758. The molecule has 2 heterocycles. The summed E-state index contributed by atoms with van der Waals surface area (Å²) in [6, 6.07) is 8.02. The number of aromatic nitrogens is 3. The third kappa shape index (κ3) is 3.39. The number of nitrogens with one attached hydrogen (secondary N) is 2. The number of rotatable bonds is 4. The second kappa shape index (κ2) is 6.20. The fraction of sp³-hybridized carbons (Fsp3) is 0.278. The highest BCUT2D eigenvalue weighted by molar-refractivity contribution is 5.83. The molecule has 3 aromatic rings. The first kappa shape index (κ1) is 15.2. The number of aromatic amines is 1. The molecule has 118 valence electrons. The second-order valence-electron chi connectivity index (χ2n) is 5.77. The summed E-state index contributed by atoms with van der Waals surface area (Å²) in [7, 11) is 0. The summed E-state index contributed by atoms with van der Waals surface area (Å²) in [5.41, 5.74) is 4.92. The lowest BCUT2D eigenvalue weighted by atomic mass is 10.1. The van der Waals surface area contributed by atoms with Crippen LogP contribution in [0, 0.1) is 20.8 Å². The molecule has 3 rings (SSSR count). The molecular weight excluding hydrogens is 288 g/mol. The van der Waals surface area contributed by atoms with E-state index in [1.165, 1.54) is 0 Å². The highest BCUT2D eigenvalue weighted by Crippen LogP contribution is 2.15. The van der Waals surface area contributed by atoms with Gasteiger partial charge in [0.2, 0.25) is 5.91 Å². The van der Waals surface area contributed by atoms with Crippen LogP contribution in [-0.2, 0) is 17.8 Å². The highest BCUT2D eigenvalue weighted by Gasteiger charge is 2.09. The van der Waals surface area contributed by atoms with Gasteiger partial charge in [0.25, 0.3) is 0 Å². The summed E-state index contributed by atoms with van der Waals surface area (Å²) in [4.78, 5) is 24.1.